The monoisotopic (exact) mass is 2000 g/mol. The molecule has 0 saturated heterocycles. The van der Waals surface area contributed by atoms with E-state index in [9.17, 15) is 143 Å². The molecule has 0 bridgehead atoms. The molecule has 10 unspecified atom stereocenters. The molecule has 2 aliphatic carbocycles. The van der Waals surface area contributed by atoms with Gasteiger partial charge in [0.05, 0.1) is 73.9 Å². The number of rotatable bonds is 38. The van der Waals surface area contributed by atoms with Crippen molar-refractivity contribution in [2.45, 2.75) is 111 Å². The van der Waals surface area contributed by atoms with Crippen molar-refractivity contribution in [3.63, 3.8) is 0 Å². The molecule has 0 radical (unpaired) electrons. The molecule has 4 amide bonds. The first-order valence-corrected chi connectivity index (χ1v) is 42.8. The second kappa shape index (κ2) is 47.0. The third-order valence-electron chi connectivity index (χ3n) is 24.4. The van der Waals surface area contributed by atoms with E-state index >= 15 is 0 Å². The predicted octanol–water partition coefficient (Wildman–Crippen LogP) is 13.8. The number of ketones is 4. The minimum atomic E-state index is -4.73. The third kappa shape index (κ3) is 24.7. The Kier molecular flexibility index (Phi) is 36.5. The topological polar surface area (TPSA) is 588 Å². The van der Waals surface area contributed by atoms with E-state index in [4.69, 9.17) is 28.8 Å². The van der Waals surface area contributed by atoms with Gasteiger partial charge in [-0.1, -0.05) is 60.7 Å². The number of hydrogen-bond acceptors (Lipinski definition) is 28. The number of hydrogen-bond donors (Lipinski definition) is 14. The minimum Gasteiger partial charge on any atom is -0.481 e. The van der Waals surface area contributed by atoms with Crippen LogP contribution in [0.5, 0.6) is 17.2 Å². The van der Waals surface area contributed by atoms with Gasteiger partial charge >= 0.3 is 48.2 Å². The molecule has 2 saturated carbocycles. The van der Waals surface area contributed by atoms with Crippen molar-refractivity contribution >= 4 is 160 Å². The van der Waals surface area contributed by atoms with Crippen LogP contribution in [0.1, 0.15) is 180 Å². The van der Waals surface area contributed by atoms with Crippen molar-refractivity contribution in [1.82, 2.24) is 0 Å². The number of Topliss-reactive ketones (excluding diaryl/α,β-unsaturated/α-hetero) is 4. The molecule has 14 N–H and O–H groups in total. The fourth-order valence-corrected chi connectivity index (χ4v) is 16.4. The van der Waals surface area contributed by atoms with Gasteiger partial charge in [-0.05, 0) is 222 Å². The number of aryl methyl sites for hydroxylation is 4. The summed E-state index contributed by atoms with van der Waals surface area (Å²) in [7, 11) is 6.38. The average molecular weight is 2000 g/mol. The first-order chi connectivity index (χ1) is 67.6. The molecule has 9 aromatic rings. The number of alkyl halides is 6. The van der Waals surface area contributed by atoms with Crippen molar-refractivity contribution < 1.29 is 172 Å². The molecule has 0 heterocycles. The average Bonchev–Trinajstić information content (AvgIpc) is 0.736. The standard InChI is InChI=1S/C29H27F3N2O6.C27H29F3N2O6.C27H22N2O10.C17H18N2O8/c1-15-6-8-18(10-23(15)33-5)28(4,29(30,31)32)19-9-7-16(2)24(11-19)34-26(37)21-12-20(17(3)36)25(40-14-35)13-22(21)27(38)39;1-13-6-8-16(10-18(13)31-5)26(4,27(28,29)30)17-9-7-14(2)19(11-17)32-24(35)21-20(15(3)34)23(38-12-33)22(21)25(36)37;1-14(32)17-10-18(19(26(34)35)11-23(17)38-12-30)25(33)29-22-6-4-16(9-24(22)39-13-31)7-15-3-5-21(28-2)20(8-15)27(36)37;1-7(21)11-12(13(17(25)26)14(11)27-6-20)15(22)19-10-4-8(16(23)24)3-9(5-10)18-2/h6-14,33H,1-5H3,(H,34,37)(H,38,39);6-12,20-23,31H,1-5H3,(H,32,35)(H,36,37);3-6,8-13,28H,7H2,1-2H3,(H,29,33)(H,34,35)(H,36,37);3-6,11-14,18H,1-2H3,(H,19,22)(H,23,24)(H,25,26). The number of carboxylic acids is 6. The highest BCUT2D eigenvalue weighted by Gasteiger charge is 2.63. The van der Waals surface area contributed by atoms with Crippen molar-refractivity contribution in [3.8, 4) is 17.2 Å². The van der Waals surface area contributed by atoms with E-state index in [1.54, 1.807) is 86.2 Å². The Hall–Kier alpha value is -17.5. The lowest BCUT2D eigenvalue weighted by Crippen LogP contribution is -2.62. The number of halogens is 6. The molecule has 11 rings (SSSR count). The van der Waals surface area contributed by atoms with Crippen molar-refractivity contribution in [3.05, 3.63) is 252 Å². The lowest BCUT2D eigenvalue weighted by Gasteiger charge is -2.45. The van der Waals surface area contributed by atoms with Crippen LogP contribution in [0.15, 0.2) is 152 Å². The van der Waals surface area contributed by atoms with Crippen LogP contribution in [0.3, 0.4) is 0 Å². The zero-order valence-electron chi connectivity index (χ0n) is 78.9. The lowest BCUT2D eigenvalue weighted by molar-refractivity contribution is -0.187. The SMILES string of the molecule is CNc1cc(C(C)(c2ccc(C)c(NC(=O)C3C(C(C)=O)C(OC=O)C3C(=O)O)c2)C(F)(F)F)ccc1C.CNc1cc(C(C)(c2ccc(C)c(NC(=O)c3cc(C(C)=O)c(OC=O)cc3C(=O)O)c2)C(F)(F)F)ccc1C.CNc1cc(NC(=O)C2C(C(C)=O)C(OC=O)C2C(=O)O)cc(C(=O)O)c1.CNc1ccc(Cc2ccc(NC(=O)c3cc(C(C)=O)c(OC=O)cc3C(=O)O)c(OC=O)c2)cc1C(=O)O. The molecule has 2 fully saturated rings. The maximum Gasteiger partial charge on any atom is 0.402 e. The van der Waals surface area contributed by atoms with Crippen molar-refractivity contribution in [2.24, 2.45) is 35.5 Å². The quantitative estimate of drug-likeness (QED) is 0.00971. The van der Waals surface area contributed by atoms with Crippen LogP contribution in [0, 0.1) is 63.2 Å². The molecular weight excluding hydrogens is 1910 g/mol. The Balaban J connectivity index is 0.000000237. The molecule has 144 heavy (non-hydrogen) atoms. The Labute approximate surface area is 814 Å². The third-order valence-corrected chi connectivity index (χ3v) is 24.4. The minimum absolute atomic E-state index is 0.00717. The molecule has 10 atom stereocenters. The Bertz CT molecular complexity index is 6600. The van der Waals surface area contributed by atoms with Gasteiger partial charge < -0.3 is 96.9 Å². The second-order valence-electron chi connectivity index (χ2n) is 33.1. The zero-order valence-corrected chi connectivity index (χ0v) is 78.9. The number of amides is 4. The predicted molar refractivity (Wildman–Crippen MR) is 503 cm³/mol. The highest BCUT2D eigenvalue weighted by molar-refractivity contribution is 6.15. The molecule has 0 aromatic heterocycles. The highest BCUT2D eigenvalue weighted by Crippen LogP contribution is 2.52. The second-order valence-corrected chi connectivity index (χ2v) is 33.1. The fraction of sp³-hybridized carbons (Fsp3) is 0.270. The maximum atomic E-state index is 14.7. The van der Waals surface area contributed by atoms with Gasteiger partial charge in [-0.15, -0.1) is 0 Å². The summed E-state index contributed by atoms with van der Waals surface area (Å²) >= 11 is 0. The van der Waals surface area contributed by atoms with Crippen LogP contribution in [-0.2, 0) is 79.5 Å². The number of carboxylic acid groups (broad SMARTS) is 6. The number of ether oxygens (including phenoxy) is 5. The van der Waals surface area contributed by atoms with E-state index in [2.05, 4.69) is 42.5 Å². The first-order valence-electron chi connectivity index (χ1n) is 42.8. The summed E-state index contributed by atoms with van der Waals surface area (Å²) in [4.78, 5) is 224. The number of benzene rings is 9. The van der Waals surface area contributed by atoms with Gasteiger partial charge in [0.1, 0.15) is 57.9 Å². The normalized spacial score (nSPS) is 16.6. The Morgan fingerprint density at radius 2 is 0.674 bits per heavy atom. The van der Waals surface area contributed by atoms with E-state index in [1.807, 2.05) is 0 Å². The van der Waals surface area contributed by atoms with Gasteiger partial charge in [-0.25, -0.2) is 19.2 Å². The van der Waals surface area contributed by atoms with Crippen molar-refractivity contribution in [1.29, 1.82) is 0 Å². The summed E-state index contributed by atoms with van der Waals surface area (Å²) in [6.45, 7) is 13.6. The van der Waals surface area contributed by atoms with Crippen LogP contribution in [-0.4, -0.2) is 198 Å². The number of aliphatic carboxylic acids is 2. The number of anilines is 8. The maximum absolute atomic E-state index is 14.7. The summed E-state index contributed by atoms with van der Waals surface area (Å²) in [5.74, 6) is -22.5. The van der Waals surface area contributed by atoms with E-state index in [1.165, 1.54) is 104 Å². The summed E-state index contributed by atoms with van der Waals surface area (Å²) < 4.78 is 112. The van der Waals surface area contributed by atoms with E-state index in [0.29, 0.717) is 45.0 Å². The molecule has 0 aliphatic heterocycles. The Morgan fingerprint density at radius 3 is 1.01 bits per heavy atom. The summed E-state index contributed by atoms with van der Waals surface area (Å²) in [5.41, 5.74) is -1.96. The summed E-state index contributed by atoms with van der Waals surface area (Å²) in [6, 6.07) is 33.8. The smallest absolute Gasteiger partial charge is 0.402 e. The van der Waals surface area contributed by atoms with Crippen molar-refractivity contribution in [2.75, 3.05) is 70.7 Å². The molecule has 9 aromatic carbocycles. The summed E-state index contributed by atoms with van der Waals surface area (Å²) in [5, 5.41) is 78.0. The molecule has 2 aliphatic rings. The van der Waals surface area contributed by atoms with Gasteiger partial charge in [-0.3, -0.25) is 71.9 Å². The van der Waals surface area contributed by atoms with Crippen LogP contribution in [0.25, 0.3) is 0 Å². The lowest BCUT2D eigenvalue weighted by atomic mass is 9.60. The highest BCUT2D eigenvalue weighted by atomic mass is 19.4. The number of carbonyl (C=O) groups is 19. The zero-order chi connectivity index (χ0) is 108. The van der Waals surface area contributed by atoms with Gasteiger partial charge in [-0.2, -0.15) is 26.3 Å². The number of carbonyl (C=O) groups excluding carboxylic acids is 13. The van der Waals surface area contributed by atoms with Gasteiger partial charge in [0.15, 0.2) is 17.3 Å². The molecular formula is C100H96F6N8O30. The van der Waals surface area contributed by atoms with Crippen LogP contribution < -0.4 is 56.7 Å². The van der Waals surface area contributed by atoms with Crippen LogP contribution >= 0.6 is 0 Å². The molecule has 38 nitrogen and oxygen atoms in total. The molecule has 44 heteroatoms. The van der Waals surface area contributed by atoms with E-state index in [-0.39, 0.29) is 123 Å². The number of nitrogens with one attached hydrogen (secondary N) is 8. The summed E-state index contributed by atoms with van der Waals surface area (Å²) in [6.07, 6.45) is -11.7. The molecule has 0 spiro atoms. The van der Waals surface area contributed by atoms with Crippen LogP contribution in [0.4, 0.5) is 71.8 Å². The first kappa shape index (κ1) is 112. The number of aromatic carboxylic acids is 4. The van der Waals surface area contributed by atoms with Gasteiger partial charge in [0.2, 0.25) is 11.8 Å². The largest absolute Gasteiger partial charge is 0.481 e. The fourth-order valence-electron chi connectivity index (χ4n) is 16.4. The Morgan fingerprint density at radius 1 is 0.326 bits per heavy atom. The molecule has 758 valence electrons. The van der Waals surface area contributed by atoms with E-state index in [0.717, 1.165) is 70.0 Å². The van der Waals surface area contributed by atoms with Crippen LogP contribution in [0.2, 0.25) is 0 Å². The van der Waals surface area contributed by atoms with Gasteiger partial charge in [0.25, 0.3) is 44.2 Å². The van der Waals surface area contributed by atoms with E-state index < -0.39 is 176 Å². The van der Waals surface area contributed by atoms with Gasteiger partial charge in [0, 0.05) is 68.0 Å².